The summed E-state index contributed by atoms with van der Waals surface area (Å²) in [6.07, 6.45) is -2.03. The molecule has 2 aromatic carbocycles. The summed E-state index contributed by atoms with van der Waals surface area (Å²) >= 11 is 0. The largest absolute Gasteiger partial charge is 0.496 e. The van der Waals surface area contributed by atoms with Gasteiger partial charge in [0, 0.05) is 0 Å². The Morgan fingerprint density at radius 2 is 1.82 bits per heavy atom. The predicted octanol–water partition coefficient (Wildman–Crippen LogP) is 2.53. The van der Waals surface area contributed by atoms with Crippen molar-refractivity contribution in [1.82, 2.24) is 0 Å². The Bertz CT molecular complexity index is 657. The van der Waals surface area contributed by atoms with Crippen LogP contribution in [0.5, 0.6) is 11.5 Å². The number of halogens is 1. The Morgan fingerprint density at radius 1 is 1.18 bits per heavy atom. The summed E-state index contributed by atoms with van der Waals surface area (Å²) < 4.78 is 24.7. The molecule has 0 saturated carbocycles. The van der Waals surface area contributed by atoms with Gasteiger partial charge in [-0.1, -0.05) is 30.3 Å². The number of ether oxygens (including phenoxy) is 2. The van der Waals surface area contributed by atoms with Crippen LogP contribution in [0.3, 0.4) is 0 Å². The standard InChI is InChI=1S/C16H15FO5/c1-21-11-7-8-12(14(17)13(11)15(18)16(19)20)22-9-10-5-3-2-4-6-10/h2-8,15,18H,9H2,1H3,(H,19,20). The number of hydrogen-bond donors (Lipinski definition) is 2. The predicted molar refractivity (Wildman–Crippen MR) is 76.3 cm³/mol. The Kier molecular flexibility index (Phi) is 4.95. The van der Waals surface area contributed by atoms with Crippen LogP contribution in [0.4, 0.5) is 4.39 Å². The van der Waals surface area contributed by atoms with E-state index in [-0.39, 0.29) is 18.1 Å². The third-order valence-corrected chi connectivity index (χ3v) is 3.07. The highest BCUT2D eigenvalue weighted by Gasteiger charge is 2.27. The lowest BCUT2D eigenvalue weighted by Crippen LogP contribution is -2.14. The maximum atomic E-state index is 14.4. The minimum atomic E-state index is -2.03. The van der Waals surface area contributed by atoms with E-state index in [1.165, 1.54) is 19.2 Å². The molecule has 0 fully saturated rings. The van der Waals surface area contributed by atoms with Gasteiger partial charge < -0.3 is 19.7 Å². The minimum absolute atomic E-state index is 0.0561. The van der Waals surface area contributed by atoms with E-state index in [0.29, 0.717) is 0 Å². The van der Waals surface area contributed by atoms with Gasteiger partial charge in [-0.2, -0.15) is 0 Å². The molecule has 1 unspecified atom stereocenters. The van der Waals surface area contributed by atoms with Gasteiger partial charge in [0.2, 0.25) is 0 Å². The van der Waals surface area contributed by atoms with Gasteiger partial charge >= 0.3 is 5.97 Å². The highest BCUT2D eigenvalue weighted by molar-refractivity contribution is 5.75. The smallest absolute Gasteiger partial charge is 0.337 e. The topological polar surface area (TPSA) is 76.0 Å². The molecule has 2 N–H and O–H groups in total. The van der Waals surface area contributed by atoms with Gasteiger partial charge in [-0.15, -0.1) is 0 Å². The summed E-state index contributed by atoms with van der Waals surface area (Å²) in [4.78, 5) is 10.9. The average molecular weight is 306 g/mol. The van der Waals surface area contributed by atoms with Crippen molar-refractivity contribution in [2.45, 2.75) is 12.7 Å². The van der Waals surface area contributed by atoms with Crippen LogP contribution >= 0.6 is 0 Å². The Hall–Kier alpha value is -2.60. The van der Waals surface area contributed by atoms with Gasteiger partial charge in [0.15, 0.2) is 17.7 Å². The molecule has 0 aliphatic rings. The summed E-state index contributed by atoms with van der Waals surface area (Å²) in [6, 6.07) is 11.8. The maximum Gasteiger partial charge on any atom is 0.337 e. The molecule has 0 heterocycles. The second kappa shape index (κ2) is 6.91. The van der Waals surface area contributed by atoms with Crippen LogP contribution in [0.2, 0.25) is 0 Å². The van der Waals surface area contributed by atoms with Crippen molar-refractivity contribution in [1.29, 1.82) is 0 Å². The van der Waals surface area contributed by atoms with Gasteiger partial charge in [-0.05, 0) is 17.7 Å². The number of rotatable bonds is 6. The molecule has 0 aliphatic heterocycles. The van der Waals surface area contributed by atoms with Crippen molar-refractivity contribution in [2.75, 3.05) is 7.11 Å². The highest BCUT2D eigenvalue weighted by Crippen LogP contribution is 2.34. The molecule has 0 radical (unpaired) electrons. The lowest BCUT2D eigenvalue weighted by atomic mass is 10.1. The second-order valence-corrected chi connectivity index (χ2v) is 4.51. The lowest BCUT2D eigenvalue weighted by Gasteiger charge is -2.15. The zero-order valence-electron chi connectivity index (χ0n) is 11.8. The van der Waals surface area contributed by atoms with E-state index in [4.69, 9.17) is 14.6 Å². The first-order chi connectivity index (χ1) is 10.5. The van der Waals surface area contributed by atoms with Crippen LogP contribution < -0.4 is 9.47 Å². The highest BCUT2D eigenvalue weighted by atomic mass is 19.1. The quantitative estimate of drug-likeness (QED) is 0.857. The molecule has 22 heavy (non-hydrogen) atoms. The number of benzene rings is 2. The monoisotopic (exact) mass is 306 g/mol. The second-order valence-electron chi connectivity index (χ2n) is 4.51. The minimum Gasteiger partial charge on any atom is -0.496 e. The SMILES string of the molecule is COc1ccc(OCc2ccccc2)c(F)c1C(O)C(=O)O. The molecule has 116 valence electrons. The molecule has 0 aromatic heterocycles. The molecule has 0 amide bonds. The molecule has 6 heteroatoms. The van der Waals surface area contributed by atoms with Crippen LogP contribution in [0.15, 0.2) is 42.5 Å². The van der Waals surface area contributed by atoms with Crippen molar-refractivity contribution in [2.24, 2.45) is 0 Å². The fourth-order valence-corrected chi connectivity index (χ4v) is 1.96. The van der Waals surface area contributed by atoms with E-state index in [2.05, 4.69) is 0 Å². The van der Waals surface area contributed by atoms with Crippen LogP contribution in [0, 0.1) is 5.82 Å². The first-order valence-corrected chi connectivity index (χ1v) is 6.48. The van der Waals surface area contributed by atoms with E-state index < -0.39 is 23.5 Å². The van der Waals surface area contributed by atoms with E-state index in [0.717, 1.165) is 5.56 Å². The zero-order valence-corrected chi connectivity index (χ0v) is 11.8. The number of aliphatic carboxylic acids is 1. The fourth-order valence-electron chi connectivity index (χ4n) is 1.96. The van der Waals surface area contributed by atoms with Crippen molar-refractivity contribution >= 4 is 5.97 Å². The lowest BCUT2D eigenvalue weighted by molar-refractivity contribution is -0.147. The summed E-state index contributed by atoms with van der Waals surface area (Å²) in [5.74, 6) is -2.73. The first-order valence-electron chi connectivity index (χ1n) is 6.48. The summed E-state index contributed by atoms with van der Waals surface area (Å²) in [5, 5.41) is 18.5. The van der Waals surface area contributed by atoms with Gasteiger partial charge in [0.25, 0.3) is 0 Å². The molecule has 5 nitrogen and oxygen atoms in total. The first kappa shape index (κ1) is 15.8. The Balaban J connectivity index is 2.29. The molecule has 2 aromatic rings. The number of aliphatic hydroxyl groups is 1. The van der Waals surface area contributed by atoms with Crippen molar-refractivity contribution < 1.29 is 28.9 Å². The summed E-state index contributed by atoms with van der Waals surface area (Å²) in [7, 11) is 1.26. The normalized spacial score (nSPS) is 11.8. The van der Waals surface area contributed by atoms with E-state index in [9.17, 15) is 14.3 Å². The average Bonchev–Trinajstić information content (AvgIpc) is 2.53. The summed E-state index contributed by atoms with van der Waals surface area (Å²) in [5.41, 5.74) is 0.374. The van der Waals surface area contributed by atoms with Crippen LogP contribution in [-0.2, 0) is 11.4 Å². The number of aliphatic hydroxyl groups excluding tert-OH is 1. The van der Waals surface area contributed by atoms with E-state index in [1.807, 2.05) is 30.3 Å². The number of carboxylic acid groups (broad SMARTS) is 1. The van der Waals surface area contributed by atoms with Crippen LogP contribution in [0.25, 0.3) is 0 Å². The molecule has 1 atom stereocenters. The molecule has 0 spiro atoms. The third kappa shape index (κ3) is 3.35. The number of carbonyl (C=O) groups is 1. The van der Waals surface area contributed by atoms with E-state index in [1.54, 1.807) is 0 Å². The molecule has 0 saturated heterocycles. The molecule has 0 bridgehead atoms. The van der Waals surface area contributed by atoms with Gasteiger partial charge in [0.1, 0.15) is 12.4 Å². The van der Waals surface area contributed by atoms with Gasteiger partial charge in [-0.25, -0.2) is 9.18 Å². The zero-order chi connectivity index (χ0) is 16.1. The van der Waals surface area contributed by atoms with Crippen molar-refractivity contribution in [3.05, 3.63) is 59.4 Å². The van der Waals surface area contributed by atoms with Crippen LogP contribution in [-0.4, -0.2) is 23.3 Å². The molecule has 2 rings (SSSR count). The number of methoxy groups -OCH3 is 1. The number of carboxylic acids is 1. The molecular weight excluding hydrogens is 291 g/mol. The number of hydrogen-bond acceptors (Lipinski definition) is 4. The third-order valence-electron chi connectivity index (χ3n) is 3.07. The Morgan fingerprint density at radius 3 is 2.41 bits per heavy atom. The molecular formula is C16H15FO5. The van der Waals surface area contributed by atoms with Crippen molar-refractivity contribution in [3.63, 3.8) is 0 Å². The maximum absolute atomic E-state index is 14.4. The molecule has 0 aliphatic carbocycles. The summed E-state index contributed by atoms with van der Waals surface area (Å²) in [6.45, 7) is 0.118. The van der Waals surface area contributed by atoms with Crippen molar-refractivity contribution in [3.8, 4) is 11.5 Å². The Labute approximate surface area is 126 Å². The van der Waals surface area contributed by atoms with Gasteiger partial charge in [0.05, 0.1) is 12.7 Å². The fraction of sp³-hybridized carbons (Fsp3) is 0.188. The van der Waals surface area contributed by atoms with E-state index >= 15 is 0 Å². The van der Waals surface area contributed by atoms with Crippen LogP contribution in [0.1, 0.15) is 17.2 Å². The van der Waals surface area contributed by atoms with Gasteiger partial charge in [-0.3, -0.25) is 0 Å².